The van der Waals surface area contributed by atoms with Gasteiger partial charge in [-0.3, -0.25) is 9.59 Å². The van der Waals surface area contributed by atoms with Crippen LogP contribution in [-0.4, -0.2) is 36.0 Å². The second-order valence-electron chi connectivity index (χ2n) is 6.14. The molecule has 0 rings (SSSR count). The van der Waals surface area contributed by atoms with Crippen molar-refractivity contribution in [3.8, 4) is 0 Å². The summed E-state index contributed by atoms with van der Waals surface area (Å²) in [4.78, 5) is 33.8. The molecule has 3 atom stereocenters. The molecule has 0 bridgehead atoms. The van der Waals surface area contributed by atoms with E-state index in [9.17, 15) is 14.4 Å². The van der Waals surface area contributed by atoms with Gasteiger partial charge in [-0.25, -0.2) is 4.79 Å². The highest BCUT2D eigenvalue weighted by atomic mass is 16.7. The van der Waals surface area contributed by atoms with E-state index < -0.39 is 24.3 Å². The molecule has 0 aliphatic carbocycles. The average Bonchev–Trinajstić information content (AvgIpc) is 2.49. The Morgan fingerprint density at radius 1 is 1.12 bits per heavy atom. The predicted octanol–water partition coefficient (Wildman–Crippen LogP) is 3.32. The van der Waals surface area contributed by atoms with E-state index >= 15 is 0 Å². The van der Waals surface area contributed by atoms with Gasteiger partial charge in [0.1, 0.15) is 0 Å². The van der Waals surface area contributed by atoms with E-state index in [1.54, 1.807) is 6.92 Å². The van der Waals surface area contributed by atoms with Gasteiger partial charge in [0.25, 0.3) is 0 Å². The lowest BCUT2D eigenvalue weighted by atomic mass is 9.90. The van der Waals surface area contributed by atoms with Crippen molar-refractivity contribution in [3.05, 3.63) is 0 Å². The zero-order valence-corrected chi connectivity index (χ0v) is 15.2. The first-order chi connectivity index (χ1) is 11.3. The van der Waals surface area contributed by atoms with Gasteiger partial charge >= 0.3 is 18.0 Å². The number of nitrogens with one attached hydrogen (secondary N) is 1. The van der Waals surface area contributed by atoms with Crippen molar-refractivity contribution in [2.45, 2.75) is 72.5 Å². The fourth-order valence-corrected chi connectivity index (χ4v) is 2.44. The number of carbonyl (C=O) groups is 3. The SMILES string of the molecule is CCCC[C@@H](C)C[C@H](CNC(=O)O[C@H](C)OC(=O)CC)CC(=O)O. The molecule has 0 radical (unpaired) electrons. The fraction of sp³-hybridized carbons (Fsp3) is 0.824. The van der Waals surface area contributed by atoms with Crippen LogP contribution in [0.2, 0.25) is 0 Å². The molecule has 0 unspecified atom stereocenters. The molecule has 0 aliphatic rings. The van der Waals surface area contributed by atoms with Crippen LogP contribution in [0, 0.1) is 11.8 Å². The highest BCUT2D eigenvalue weighted by Gasteiger charge is 2.19. The third-order valence-corrected chi connectivity index (χ3v) is 3.64. The van der Waals surface area contributed by atoms with Crippen LogP contribution in [0.4, 0.5) is 4.79 Å². The van der Waals surface area contributed by atoms with Crippen molar-refractivity contribution in [1.82, 2.24) is 5.32 Å². The highest BCUT2D eigenvalue weighted by molar-refractivity contribution is 5.70. The molecule has 0 aliphatic heterocycles. The van der Waals surface area contributed by atoms with Crippen molar-refractivity contribution >= 4 is 18.0 Å². The standard InChI is InChI=1S/C17H31NO6/c1-5-7-8-12(3)9-14(10-15(19)20)11-18-17(22)24-13(4)23-16(21)6-2/h12-14H,5-11H2,1-4H3,(H,18,22)(H,19,20)/t12-,13-,14+/m1/s1. The molecule has 0 saturated heterocycles. The summed E-state index contributed by atoms with van der Waals surface area (Å²) in [7, 11) is 0. The Kier molecular flexibility index (Phi) is 11.7. The van der Waals surface area contributed by atoms with E-state index in [0.29, 0.717) is 5.92 Å². The topological polar surface area (TPSA) is 102 Å². The number of hydrogen-bond acceptors (Lipinski definition) is 5. The van der Waals surface area contributed by atoms with E-state index in [0.717, 1.165) is 25.7 Å². The number of rotatable bonds is 12. The van der Waals surface area contributed by atoms with E-state index in [2.05, 4.69) is 19.2 Å². The quantitative estimate of drug-likeness (QED) is 0.415. The number of unbranched alkanes of at least 4 members (excludes halogenated alkanes) is 1. The normalized spacial score (nSPS) is 14.3. The van der Waals surface area contributed by atoms with Gasteiger partial charge in [-0.2, -0.15) is 0 Å². The molecule has 0 aromatic carbocycles. The minimum atomic E-state index is -0.973. The molecule has 140 valence electrons. The average molecular weight is 345 g/mol. The third kappa shape index (κ3) is 11.7. The summed E-state index contributed by atoms with van der Waals surface area (Å²) in [5.74, 6) is -1.10. The van der Waals surface area contributed by atoms with Gasteiger partial charge < -0.3 is 19.9 Å². The first-order valence-corrected chi connectivity index (χ1v) is 8.64. The fourth-order valence-electron chi connectivity index (χ4n) is 2.44. The van der Waals surface area contributed by atoms with Crippen molar-refractivity contribution < 1.29 is 29.0 Å². The summed E-state index contributed by atoms with van der Waals surface area (Å²) >= 11 is 0. The molecule has 0 aromatic rings. The van der Waals surface area contributed by atoms with Crippen LogP contribution in [-0.2, 0) is 19.1 Å². The predicted molar refractivity (Wildman–Crippen MR) is 89.4 cm³/mol. The summed E-state index contributed by atoms with van der Waals surface area (Å²) in [6.45, 7) is 7.52. The maximum absolute atomic E-state index is 11.7. The molecule has 0 spiro atoms. The van der Waals surface area contributed by atoms with E-state index in [1.807, 2.05) is 0 Å². The van der Waals surface area contributed by atoms with Gasteiger partial charge in [-0.05, 0) is 18.3 Å². The first-order valence-electron chi connectivity index (χ1n) is 8.64. The van der Waals surface area contributed by atoms with Crippen molar-refractivity contribution in [2.24, 2.45) is 11.8 Å². The van der Waals surface area contributed by atoms with Crippen LogP contribution in [0.5, 0.6) is 0 Å². The number of hydrogen-bond donors (Lipinski definition) is 2. The summed E-state index contributed by atoms with van der Waals surface area (Å²) in [6, 6.07) is 0. The van der Waals surface area contributed by atoms with Gasteiger partial charge in [0.2, 0.25) is 6.29 Å². The Bertz CT molecular complexity index is 399. The Morgan fingerprint density at radius 2 is 1.79 bits per heavy atom. The van der Waals surface area contributed by atoms with Crippen LogP contribution in [0.15, 0.2) is 0 Å². The van der Waals surface area contributed by atoms with Crippen LogP contribution in [0.1, 0.15) is 66.2 Å². The summed E-state index contributed by atoms with van der Waals surface area (Å²) in [5.41, 5.74) is 0. The van der Waals surface area contributed by atoms with Crippen LogP contribution < -0.4 is 5.32 Å². The van der Waals surface area contributed by atoms with Gasteiger partial charge in [0.05, 0.1) is 0 Å². The van der Waals surface area contributed by atoms with Crippen LogP contribution in [0.25, 0.3) is 0 Å². The van der Waals surface area contributed by atoms with Gasteiger partial charge in [0.15, 0.2) is 0 Å². The molecule has 0 saturated carbocycles. The number of esters is 1. The molecule has 7 heteroatoms. The van der Waals surface area contributed by atoms with Gasteiger partial charge in [-0.15, -0.1) is 0 Å². The maximum atomic E-state index is 11.7. The zero-order chi connectivity index (χ0) is 18.5. The molecular formula is C17H31NO6. The minimum absolute atomic E-state index is 0.00286. The van der Waals surface area contributed by atoms with Crippen LogP contribution in [0.3, 0.4) is 0 Å². The Balaban J connectivity index is 4.30. The second kappa shape index (κ2) is 12.6. The lowest BCUT2D eigenvalue weighted by Crippen LogP contribution is -2.34. The number of ether oxygens (including phenoxy) is 2. The molecule has 1 amide bonds. The molecule has 0 heterocycles. The largest absolute Gasteiger partial charge is 0.481 e. The summed E-state index contributed by atoms with van der Waals surface area (Å²) < 4.78 is 9.74. The van der Waals surface area contributed by atoms with E-state index in [-0.39, 0.29) is 25.3 Å². The second-order valence-corrected chi connectivity index (χ2v) is 6.14. The van der Waals surface area contributed by atoms with Crippen molar-refractivity contribution in [3.63, 3.8) is 0 Å². The molecular weight excluding hydrogens is 314 g/mol. The number of alkyl carbamates (subject to hydrolysis) is 1. The number of aliphatic carboxylic acids is 1. The minimum Gasteiger partial charge on any atom is -0.481 e. The molecule has 0 fully saturated rings. The molecule has 2 N–H and O–H groups in total. The number of amides is 1. The van der Waals surface area contributed by atoms with Crippen molar-refractivity contribution in [2.75, 3.05) is 6.54 Å². The molecule has 0 aromatic heterocycles. The highest BCUT2D eigenvalue weighted by Crippen LogP contribution is 2.20. The molecule has 24 heavy (non-hydrogen) atoms. The van der Waals surface area contributed by atoms with Crippen molar-refractivity contribution in [1.29, 1.82) is 0 Å². The lowest BCUT2D eigenvalue weighted by Gasteiger charge is -2.20. The molecule has 7 nitrogen and oxygen atoms in total. The lowest BCUT2D eigenvalue weighted by molar-refractivity contribution is -0.164. The summed E-state index contributed by atoms with van der Waals surface area (Å²) in [5, 5.41) is 11.6. The smallest absolute Gasteiger partial charge is 0.410 e. The Hall–Kier alpha value is -1.79. The number of carbonyl (C=O) groups excluding carboxylic acids is 2. The van der Waals surface area contributed by atoms with E-state index in [4.69, 9.17) is 14.6 Å². The number of carboxylic acids is 1. The number of carboxylic acid groups (broad SMARTS) is 1. The van der Waals surface area contributed by atoms with Crippen LogP contribution >= 0.6 is 0 Å². The Labute approximate surface area is 144 Å². The monoisotopic (exact) mass is 345 g/mol. The first kappa shape index (κ1) is 22.2. The van der Waals surface area contributed by atoms with E-state index in [1.165, 1.54) is 6.92 Å². The van der Waals surface area contributed by atoms with Gasteiger partial charge in [-0.1, -0.05) is 40.0 Å². The third-order valence-electron chi connectivity index (χ3n) is 3.64. The maximum Gasteiger partial charge on any atom is 0.410 e. The summed E-state index contributed by atoms with van der Waals surface area (Å²) in [6.07, 6.45) is 2.49. The Morgan fingerprint density at radius 3 is 2.33 bits per heavy atom. The zero-order valence-electron chi connectivity index (χ0n) is 15.2. The van der Waals surface area contributed by atoms with Gasteiger partial charge in [0, 0.05) is 26.3 Å².